The predicted octanol–water partition coefficient (Wildman–Crippen LogP) is -0.206. The van der Waals surface area contributed by atoms with Crippen molar-refractivity contribution in [3.63, 3.8) is 0 Å². The van der Waals surface area contributed by atoms with Crippen LogP contribution in [0.1, 0.15) is 6.42 Å². The van der Waals surface area contributed by atoms with Gasteiger partial charge in [0.15, 0.2) is 0 Å². The van der Waals surface area contributed by atoms with Gasteiger partial charge in [-0.2, -0.15) is 0 Å². The number of hydrogen-bond acceptors (Lipinski definition) is 6. The van der Waals surface area contributed by atoms with Gasteiger partial charge in [0.25, 0.3) is 5.91 Å². The Morgan fingerprint density at radius 2 is 2.08 bits per heavy atom. The number of nitrogens with one attached hydrogen (secondary N) is 2. The highest BCUT2D eigenvalue weighted by Gasteiger charge is 2.47. The third-order valence-electron chi connectivity index (χ3n) is 4.35. The largest absolute Gasteiger partial charge is 0.388 e. The second-order valence-electron chi connectivity index (χ2n) is 7.13. The van der Waals surface area contributed by atoms with E-state index in [9.17, 15) is 15.0 Å². The molecule has 2 heterocycles. The lowest BCUT2D eigenvalue weighted by Crippen LogP contribution is -2.48. The molecule has 2 aliphatic heterocycles. The maximum Gasteiger partial charge on any atom is 0.252 e. The van der Waals surface area contributed by atoms with Crippen LogP contribution in [0.25, 0.3) is 0 Å². The molecule has 6 nitrogen and oxygen atoms in total. The molecule has 0 aromatic rings. The summed E-state index contributed by atoms with van der Waals surface area (Å²) in [5.41, 5.74) is 0.551. The molecular weight excluding hydrogens is 347 g/mol. The van der Waals surface area contributed by atoms with Gasteiger partial charge >= 0.3 is 0 Å². The molecule has 5 atom stereocenters. The lowest BCUT2D eigenvalue weighted by atomic mass is 9.91. The lowest BCUT2D eigenvalue weighted by molar-refractivity contribution is -0.116. The molecule has 24 heavy (non-hydrogen) atoms. The maximum absolute atomic E-state index is 11.9. The van der Waals surface area contributed by atoms with Crippen LogP contribution in [0.15, 0.2) is 11.6 Å². The van der Waals surface area contributed by atoms with Crippen molar-refractivity contribution in [2.24, 2.45) is 5.92 Å². The monoisotopic (exact) mass is 374 g/mol. The lowest BCUT2D eigenvalue weighted by Gasteiger charge is -2.28. The minimum absolute atomic E-state index is 0.237. The van der Waals surface area contributed by atoms with Crippen molar-refractivity contribution in [3.05, 3.63) is 11.6 Å². The number of carbonyl (C=O) groups excluding carboxylic acids is 1. The zero-order chi connectivity index (χ0) is 18.1. The number of hydrogen-bond donors (Lipinski definition) is 4. The molecule has 2 rings (SSSR count). The van der Waals surface area contributed by atoms with E-state index in [1.807, 2.05) is 0 Å². The van der Waals surface area contributed by atoms with E-state index in [2.05, 4.69) is 30.3 Å². The van der Waals surface area contributed by atoms with E-state index in [4.69, 9.17) is 17.0 Å². The molecule has 8 heteroatoms. The van der Waals surface area contributed by atoms with Crippen LogP contribution in [0.3, 0.4) is 0 Å². The van der Waals surface area contributed by atoms with Gasteiger partial charge in [-0.3, -0.25) is 4.79 Å². The molecule has 0 radical (unpaired) electrons. The van der Waals surface area contributed by atoms with Gasteiger partial charge in [-0.05, 0) is 33.0 Å². The van der Waals surface area contributed by atoms with Crippen LogP contribution in [0.5, 0.6) is 0 Å². The van der Waals surface area contributed by atoms with Gasteiger partial charge < -0.3 is 25.6 Å². The smallest absolute Gasteiger partial charge is 0.252 e. The molecule has 0 spiro atoms. The number of carbonyl (C=O) groups is 1. The predicted molar refractivity (Wildman–Crippen MR) is 102 cm³/mol. The quantitative estimate of drug-likeness (QED) is 0.380. The number of aliphatic hydroxyl groups is 2. The first-order chi connectivity index (χ1) is 11.1. The molecule has 136 valence electrons. The summed E-state index contributed by atoms with van der Waals surface area (Å²) in [5.74, 6) is -0.669. The van der Waals surface area contributed by atoms with Gasteiger partial charge in [0.05, 0.1) is 23.1 Å². The topological polar surface area (TPSA) is 90.8 Å². The van der Waals surface area contributed by atoms with Crippen molar-refractivity contribution in [2.45, 2.75) is 30.8 Å². The Kier molecular flexibility index (Phi) is 6.40. The van der Waals surface area contributed by atoms with Crippen molar-refractivity contribution in [2.75, 3.05) is 33.1 Å². The first kappa shape index (κ1) is 19.8. The van der Waals surface area contributed by atoms with Crippen LogP contribution >= 0.6 is 19.1 Å². The zero-order valence-electron chi connectivity index (χ0n) is 14.4. The Hall–Kier alpha value is -0.560. The van der Waals surface area contributed by atoms with Crippen LogP contribution in [0.2, 0.25) is 0 Å². The first-order valence-corrected chi connectivity index (χ1v) is 11.5. The fraction of sp³-hybridized carbons (Fsp3) is 0.688. The Morgan fingerprint density at radius 3 is 2.67 bits per heavy atom. The molecule has 2 aliphatic rings. The normalized spacial score (nSPS) is 34.2. The highest BCUT2D eigenvalue weighted by molar-refractivity contribution is 7.80. The Morgan fingerprint density at radius 1 is 1.42 bits per heavy atom. The molecule has 1 fully saturated rings. The zero-order valence-corrected chi connectivity index (χ0v) is 16.1. The highest BCUT2D eigenvalue weighted by atomic mass is 32.1. The van der Waals surface area contributed by atoms with Crippen LogP contribution in [0.4, 0.5) is 0 Å². The number of aliphatic hydroxyl groups excluding tert-OH is 2. The average molecular weight is 374 g/mol. The summed E-state index contributed by atoms with van der Waals surface area (Å²) < 4.78 is 5.94. The van der Waals surface area contributed by atoms with Gasteiger partial charge in [0.2, 0.25) is 0 Å². The van der Waals surface area contributed by atoms with Gasteiger partial charge in [-0.25, -0.2) is 0 Å². The maximum atomic E-state index is 11.9. The van der Waals surface area contributed by atoms with Crippen LogP contribution in [-0.4, -0.2) is 84.9 Å². The number of thiocarbonyl (C=S) groups is 1. The van der Waals surface area contributed by atoms with E-state index in [-0.39, 0.29) is 5.91 Å². The standard InChI is InChI=1S/C16H27N2O4PS/c1-17-8-9-7-10(16(24)18-15(9)21)14-13(20)12(19)11(22-14)5-6-23(2,3)4/h7,10-14,17,19-20H,2,5-6,8H2,1,3-4H3,(H,18,21,24)/t10-,11+,12+,13+,14?/m0/s1. The van der Waals surface area contributed by atoms with E-state index in [0.717, 1.165) is 6.16 Å². The molecule has 0 bridgehead atoms. The Labute approximate surface area is 148 Å². The molecular formula is C16H27N2O4PS. The first-order valence-electron chi connectivity index (χ1n) is 8.03. The van der Waals surface area contributed by atoms with Crippen molar-refractivity contribution >= 4 is 36.3 Å². The summed E-state index contributed by atoms with van der Waals surface area (Å²) in [4.78, 5) is 12.2. The molecule has 1 amide bonds. The van der Waals surface area contributed by atoms with E-state index in [1.165, 1.54) is 0 Å². The Bertz CT molecular complexity index is 589. The molecule has 0 aliphatic carbocycles. The summed E-state index contributed by atoms with van der Waals surface area (Å²) >= 11 is 5.26. The van der Waals surface area contributed by atoms with Crippen molar-refractivity contribution < 1.29 is 19.7 Å². The van der Waals surface area contributed by atoms with Crippen molar-refractivity contribution in [3.8, 4) is 0 Å². The number of rotatable bonds is 6. The molecule has 0 saturated carbocycles. The van der Waals surface area contributed by atoms with Crippen molar-refractivity contribution in [1.29, 1.82) is 0 Å². The molecule has 1 saturated heterocycles. The molecule has 0 aromatic carbocycles. The second kappa shape index (κ2) is 7.77. The number of likely N-dealkylation sites (N-methyl/N-ethyl adjacent to an activating group) is 1. The summed E-state index contributed by atoms with van der Waals surface area (Å²) in [6.45, 7) is 3.42. The van der Waals surface area contributed by atoms with Crippen molar-refractivity contribution in [1.82, 2.24) is 10.6 Å². The van der Waals surface area contributed by atoms with E-state index in [1.54, 1.807) is 13.1 Å². The summed E-state index contributed by atoms with van der Waals surface area (Å²) in [7, 11) is 1.75. The van der Waals surface area contributed by atoms with Crippen LogP contribution in [-0.2, 0) is 9.53 Å². The van der Waals surface area contributed by atoms with Gasteiger partial charge in [0.1, 0.15) is 12.2 Å². The van der Waals surface area contributed by atoms with Gasteiger partial charge in [-0.15, -0.1) is 13.2 Å². The third kappa shape index (κ3) is 4.54. The summed E-state index contributed by atoms with van der Waals surface area (Å²) in [5, 5.41) is 26.3. The second-order valence-corrected chi connectivity index (χ2v) is 11.9. The Balaban J connectivity index is 2.14. The van der Waals surface area contributed by atoms with E-state index < -0.39 is 37.2 Å². The number of amides is 1. The van der Waals surface area contributed by atoms with E-state index in [0.29, 0.717) is 23.5 Å². The minimum Gasteiger partial charge on any atom is -0.388 e. The van der Waals surface area contributed by atoms with Crippen LogP contribution < -0.4 is 10.6 Å². The summed E-state index contributed by atoms with van der Waals surface area (Å²) in [6, 6.07) is 0. The van der Waals surface area contributed by atoms with Crippen LogP contribution in [0, 0.1) is 5.92 Å². The molecule has 0 aromatic heterocycles. The highest BCUT2D eigenvalue weighted by Crippen LogP contribution is 2.39. The third-order valence-corrected chi connectivity index (χ3v) is 6.19. The molecule has 1 unspecified atom stereocenters. The van der Waals surface area contributed by atoms with Gasteiger partial charge in [-0.1, -0.05) is 18.3 Å². The minimum atomic E-state index is -1.23. The fourth-order valence-electron chi connectivity index (χ4n) is 3.01. The SMILES string of the molecule is C=P(C)(C)CC[C@H]1OC([C@@H]2C=C(CNC)C(=O)NC2=S)[C@H](O)[C@@H]1O. The fourth-order valence-corrected chi connectivity index (χ4v) is 4.26. The van der Waals surface area contributed by atoms with Gasteiger partial charge in [0, 0.05) is 12.1 Å². The molecule has 4 N–H and O–H groups in total. The average Bonchev–Trinajstić information content (AvgIpc) is 2.75. The van der Waals surface area contributed by atoms with E-state index >= 15 is 0 Å². The summed E-state index contributed by atoms with van der Waals surface area (Å²) in [6.07, 6.45) is 4.34. The number of ether oxygens (including phenoxy) is 1.